The lowest BCUT2D eigenvalue weighted by Crippen LogP contribution is -2.39. The fraction of sp³-hybridized carbons (Fsp3) is 0.833. The van der Waals surface area contributed by atoms with E-state index in [4.69, 9.17) is 9.47 Å². The van der Waals surface area contributed by atoms with Crippen molar-refractivity contribution in [2.45, 2.75) is 65.6 Å². The number of rotatable bonds is 5. The molecule has 0 fully saturated rings. The molecule has 0 amide bonds. The molecule has 0 aromatic rings. The van der Waals surface area contributed by atoms with Crippen molar-refractivity contribution in [2.24, 2.45) is 0 Å². The Balaban J connectivity index is 4.44. The Morgan fingerprint density at radius 1 is 1.00 bits per heavy atom. The third-order valence-electron chi connectivity index (χ3n) is 1.95. The first-order valence-corrected chi connectivity index (χ1v) is 5.49. The lowest BCUT2D eigenvalue weighted by atomic mass is 9.92. The Morgan fingerprint density at radius 3 is 1.81 bits per heavy atom. The number of hydrogen-bond donors (Lipinski definition) is 0. The quantitative estimate of drug-likeness (QED) is 0.681. The van der Waals surface area contributed by atoms with Gasteiger partial charge in [-0.05, 0) is 27.7 Å². The number of esters is 2. The lowest BCUT2D eigenvalue weighted by Gasteiger charge is -2.33. The molecule has 0 aromatic carbocycles. The Labute approximate surface area is 97.3 Å². The molecule has 0 N–H and O–H groups in total. The third-order valence-corrected chi connectivity index (χ3v) is 1.95. The van der Waals surface area contributed by atoms with Gasteiger partial charge in [-0.25, -0.2) is 0 Å². The normalized spacial score (nSPS) is 12.1. The van der Waals surface area contributed by atoms with Gasteiger partial charge in [0, 0.05) is 19.8 Å². The maximum Gasteiger partial charge on any atom is 0.306 e. The second kappa shape index (κ2) is 5.32. The van der Waals surface area contributed by atoms with Gasteiger partial charge in [0.15, 0.2) is 0 Å². The van der Waals surface area contributed by atoms with Crippen LogP contribution in [-0.2, 0) is 19.1 Å². The first kappa shape index (κ1) is 14.9. The molecule has 0 bridgehead atoms. The fourth-order valence-corrected chi connectivity index (χ4v) is 1.87. The van der Waals surface area contributed by atoms with Gasteiger partial charge in [0.2, 0.25) is 0 Å². The molecular weight excluding hydrogens is 208 g/mol. The highest BCUT2D eigenvalue weighted by atomic mass is 16.6. The van der Waals surface area contributed by atoms with Crippen LogP contribution in [0, 0.1) is 0 Å². The average Bonchev–Trinajstić information content (AvgIpc) is 1.97. The van der Waals surface area contributed by atoms with Crippen LogP contribution >= 0.6 is 0 Å². The van der Waals surface area contributed by atoms with E-state index in [9.17, 15) is 9.59 Å². The van der Waals surface area contributed by atoms with Crippen LogP contribution in [0.1, 0.15) is 54.4 Å². The second-order valence-corrected chi connectivity index (χ2v) is 5.12. The van der Waals surface area contributed by atoms with Gasteiger partial charge in [0.1, 0.15) is 11.2 Å². The van der Waals surface area contributed by atoms with Gasteiger partial charge in [-0.2, -0.15) is 0 Å². The standard InChI is InChI=1S/C12H22O4/c1-7-10(14)16-12(5,6)8-11(3,4)15-9(2)13/h7-8H2,1-6H3. The summed E-state index contributed by atoms with van der Waals surface area (Å²) in [6.45, 7) is 10.3. The summed E-state index contributed by atoms with van der Waals surface area (Å²) in [6, 6.07) is 0. The van der Waals surface area contributed by atoms with Gasteiger partial charge >= 0.3 is 11.9 Å². The first-order valence-electron chi connectivity index (χ1n) is 5.49. The molecule has 0 aliphatic carbocycles. The highest BCUT2D eigenvalue weighted by Gasteiger charge is 2.33. The van der Waals surface area contributed by atoms with Gasteiger partial charge in [-0.3, -0.25) is 9.59 Å². The summed E-state index contributed by atoms with van der Waals surface area (Å²) in [5.41, 5.74) is -1.27. The van der Waals surface area contributed by atoms with Gasteiger partial charge in [-0.1, -0.05) is 6.92 Å². The van der Waals surface area contributed by atoms with Crippen molar-refractivity contribution in [3.05, 3.63) is 0 Å². The highest BCUT2D eigenvalue weighted by Crippen LogP contribution is 2.26. The highest BCUT2D eigenvalue weighted by molar-refractivity contribution is 5.69. The summed E-state index contributed by atoms with van der Waals surface area (Å²) in [5.74, 6) is -0.578. The molecule has 0 aromatic heterocycles. The van der Waals surface area contributed by atoms with E-state index in [-0.39, 0.29) is 11.9 Å². The Hall–Kier alpha value is -1.06. The van der Waals surface area contributed by atoms with Crippen molar-refractivity contribution in [2.75, 3.05) is 0 Å². The van der Waals surface area contributed by atoms with E-state index in [1.54, 1.807) is 20.8 Å². The van der Waals surface area contributed by atoms with E-state index in [0.717, 1.165) is 0 Å². The van der Waals surface area contributed by atoms with Crippen molar-refractivity contribution in [1.82, 2.24) is 0 Å². The third kappa shape index (κ3) is 6.43. The SMILES string of the molecule is CCC(=O)OC(C)(C)CC(C)(C)OC(C)=O. The van der Waals surface area contributed by atoms with E-state index in [1.165, 1.54) is 6.92 Å². The van der Waals surface area contributed by atoms with Crippen LogP contribution in [0.4, 0.5) is 0 Å². The maximum absolute atomic E-state index is 11.2. The predicted molar refractivity (Wildman–Crippen MR) is 60.9 cm³/mol. The van der Waals surface area contributed by atoms with Crippen LogP contribution in [0.15, 0.2) is 0 Å². The molecule has 0 spiro atoms. The molecule has 0 saturated heterocycles. The van der Waals surface area contributed by atoms with Gasteiger partial charge in [0.25, 0.3) is 0 Å². The number of carbonyl (C=O) groups excluding carboxylic acids is 2. The van der Waals surface area contributed by atoms with Gasteiger partial charge in [-0.15, -0.1) is 0 Å². The summed E-state index contributed by atoms with van der Waals surface area (Å²) in [6.07, 6.45) is 0.808. The molecule has 94 valence electrons. The Morgan fingerprint density at radius 2 is 1.44 bits per heavy atom. The van der Waals surface area contributed by atoms with E-state index < -0.39 is 11.2 Å². The summed E-state index contributed by atoms with van der Waals surface area (Å²) in [5, 5.41) is 0. The van der Waals surface area contributed by atoms with Crippen LogP contribution < -0.4 is 0 Å². The maximum atomic E-state index is 11.2. The lowest BCUT2D eigenvalue weighted by molar-refractivity contribution is -0.168. The zero-order chi connectivity index (χ0) is 13.0. The molecule has 0 radical (unpaired) electrons. The van der Waals surface area contributed by atoms with Crippen molar-refractivity contribution in [3.8, 4) is 0 Å². The van der Waals surface area contributed by atoms with Crippen LogP contribution in [0.2, 0.25) is 0 Å². The van der Waals surface area contributed by atoms with Crippen LogP contribution in [0.25, 0.3) is 0 Å². The van der Waals surface area contributed by atoms with E-state index >= 15 is 0 Å². The molecule has 4 nitrogen and oxygen atoms in total. The van der Waals surface area contributed by atoms with Crippen LogP contribution in [-0.4, -0.2) is 23.1 Å². The summed E-state index contributed by atoms with van der Waals surface area (Å²) < 4.78 is 10.4. The molecule has 0 atom stereocenters. The zero-order valence-electron chi connectivity index (χ0n) is 11.0. The number of carbonyl (C=O) groups is 2. The summed E-state index contributed by atoms with van der Waals surface area (Å²) in [7, 11) is 0. The van der Waals surface area contributed by atoms with Crippen molar-refractivity contribution < 1.29 is 19.1 Å². The Kier molecular flexibility index (Phi) is 4.97. The molecule has 0 aliphatic heterocycles. The van der Waals surface area contributed by atoms with Crippen molar-refractivity contribution in [1.29, 1.82) is 0 Å². The second-order valence-electron chi connectivity index (χ2n) is 5.12. The molecule has 0 rings (SSSR count). The molecule has 0 aliphatic rings. The monoisotopic (exact) mass is 230 g/mol. The predicted octanol–water partition coefficient (Wildman–Crippen LogP) is 2.45. The Bertz CT molecular complexity index is 266. The molecule has 4 heteroatoms. The van der Waals surface area contributed by atoms with Crippen molar-refractivity contribution >= 4 is 11.9 Å². The van der Waals surface area contributed by atoms with Gasteiger partial charge in [0.05, 0.1) is 0 Å². The number of hydrogen-bond acceptors (Lipinski definition) is 4. The largest absolute Gasteiger partial charge is 0.460 e. The zero-order valence-corrected chi connectivity index (χ0v) is 11.0. The van der Waals surface area contributed by atoms with Gasteiger partial charge < -0.3 is 9.47 Å². The van der Waals surface area contributed by atoms with E-state index in [2.05, 4.69) is 0 Å². The van der Waals surface area contributed by atoms with Crippen LogP contribution in [0.5, 0.6) is 0 Å². The van der Waals surface area contributed by atoms with E-state index in [0.29, 0.717) is 12.8 Å². The minimum atomic E-state index is -0.636. The minimum Gasteiger partial charge on any atom is -0.460 e. The smallest absolute Gasteiger partial charge is 0.306 e. The summed E-state index contributed by atoms with van der Waals surface area (Å²) >= 11 is 0. The molecular formula is C12H22O4. The number of ether oxygens (including phenoxy) is 2. The average molecular weight is 230 g/mol. The summed E-state index contributed by atoms with van der Waals surface area (Å²) in [4.78, 5) is 22.1. The molecule has 16 heavy (non-hydrogen) atoms. The van der Waals surface area contributed by atoms with Crippen molar-refractivity contribution in [3.63, 3.8) is 0 Å². The molecule has 0 heterocycles. The first-order chi connectivity index (χ1) is 7.08. The van der Waals surface area contributed by atoms with Crippen LogP contribution in [0.3, 0.4) is 0 Å². The van der Waals surface area contributed by atoms with E-state index in [1.807, 2.05) is 13.8 Å². The molecule has 0 saturated carbocycles. The fourth-order valence-electron chi connectivity index (χ4n) is 1.87. The topological polar surface area (TPSA) is 52.6 Å². The molecule has 0 unspecified atom stereocenters. The minimum absolute atomic E-state index is 0.247.